The molecule has 0 saturated heterocycles. The third-order valence-electron chi connectivity index (χ3n) is 3.07. The Bertz CT molecular complexity index is 446. The number of carbonyl (C=O) groups is 1. The number of aliphatic hydroxyl groups is 1. The zero-order valence-electron chi connectivity index (χ0n) is 11.6. The van der Waals surface area contributed by atoms with Crippen molar-refractivity contribution in [1.82, 2.24) is 10.1 Å². The average Bonchev–Trinajstić information content (AvgIpc) is 3.03. The van der Waals surface area contributed by atoms with Gasteiger partial charge in [0.1, 0.15) is 5.76 Å². The van der Waals surface area contributed by atoms with E-state index in [1.165, 1.54) is 0 Å². The lowest BCUT2D eigenvalue weighted by molar-refractivity contribution is 0.185. The van der Waals surface area contributed by atoms with E-state index in [0.29, 0.717) is 12.4 Å². The van der Waals surface area contributed by atoms with Crippen LogP contribution < -0.4 is 5.32 Å². The molecule has 19 heavy (non-hydrogen) atoms. The van der Waals surface area contributed by atoms with E-state index in [2.05, 4.69) is 10.5 Å². The molecule has 6 heteroatoms. The molecule has 0 atom stereocenters. The first-order valence-corrected chi connectivity index (χ1v) is 6.57. The number of anilines is 1. The van der Waals surface area contributed by atoms with Crippen LogP contribution in [-0.4, -0.2) is 40.4 Å². The van der Waals surface area contributed by atoms with E-state index in [-0.39, 0.29) is 24.1 Å². The van der Waals surface area contributed by atoms with E-state index in [0.717, 1.165) is 18.6 Å². The maximum atomic E-state index is 12.1. The third-order valence-corrected chi connectivity index (χ3v) is 3.07. The molecule has 1 fully saturated rings. The van der Waals surface area contributed by atoms with Crippen molar-refractivity contribution in [2.24, 2.45) is 0 Å². The molecule has 1 saturated carbocycles. The van der Waals surface area contributed by atoms with Crippen LogP contribution in [0.15, 0.2) is 10.6 Å². The number of hydrogen-bond donors (Lipinski definition) is 2. The number of rotatable bonds is 4. The minimum Gasteiger partial charge on any atom is -0.395 e. The van der Waals surface area contributed by atoms with Crippen LogP contribution in [0, 0.1) is 0 Å². The zero-order chi connectivity index (χ0) is 14.0. The van der Waals surface area contributed by atoms with Gasteiger partial charge < -0.3 is 14.5 Å². The summed E-state index contributed by atoms with van der Waals surface area (Å²) >= 11 is 0. The second kappa shape index (κ2) is 5.21. The molecule has 1 aliphatic carbocycles. The van der Waals surface area contributed by atoms with Gasteiger partial charge in [0.15, 0.2) is 5.82 Å². The standard InChI is InChI=1S/C13H21N3O3/c1-13(2,3)10-8-11(15-19-10)14-12(18)16(6-7-17)9-4-5-9/h8-9,17H,4-7H2,1-3H3,(H,14,15,18). The highest BCUT2D eigenvalue weighted by Crippen LogP contribution is 2.28. The lowest BCUT2D eigenvalue weighted by Crippen LogP contribution is -2.38. The van der Waals surface area contributed by atoms with Gasteiger partial charge in [0.25, 0.3) is 0 Å². The number of aromatic nitrogens is 1. The fourth-order valence-corrected chi connectivity index (χ4v) is 1.81. The zero-order valence-corrected chi connectivity index (χ0v) is 11.6. The second-order valence-corrected chi connectivity index (χ2v) is 5.90. The van der Waals surface area contributed by atoms with Crippen LogP contribution in [0.25, 0.3) is 0 Å². The smallest absolute Gasteiger partial charge is 0.323 e. The summed E-state index contributed by atoms with van der Waals surface area (Å²) in [7, 11) is 0. The van der Waals surface area contributed by atoms with Crippen molar-refractivity contribution in [3.05, 3.63) is 11.8 Å². The van der Waals surface area contributed by atoms with Crippen molar-refractivity contribution in [3.8, 4) is 0 Å². The van der Waals surface area contributed by atoms with Gasteiger partial charge in [-0.2, -0.15) is 0 Å². The average molecular weight is 267 g/mol. The Hall–Kier alpha value is -1.56. The van der Waals surface area contributed by atoms with Crippen LogP contribution >= 0.6 is 0 Å². The Labute approximate surface area is 112 Å². The number of carbonyl (C=O) groups excluding carboxylic acids is 1. The monoisotopic (exact) mass is 267 g/mol. The summed E-state index contributed by atoms with van der Waals surface area (Å²) < 4.78 is 5.21. The Morgan fingerprint density at radius 3 is 2.74 bits per heavy atom. The van der Waals surface area contributed by atoms with Gasteiger partial charge in [-0.05, 0) is 12.8 Å². The molecule has 6 nitrogen and oxygen atoms in total. The van der Waals surface area contributed by atoms with Crippen LogP contribution in [0.5, 0.6) is 0 Å². The summed E-state index contributed by atoms with van der Waals surface area (Å²) in [4.78, 5) is 13.7. The highest BCUT2D eigenvalue weighted by Gasteiger charge is 2.32. The number of aliphatic hydroxyl groups excluding tert-OH is 1. The van der Waals surface area contributed by atoms with E-state index in [4.69, 9.17) is 9.63 Å². The summed E-state index contributed by atoms with van der Waals surface area (Å²) in [6.45, 7) is 6.36. The SMILES string of the molecule is CC(C)(C)c1cc(NC(=O)N(CCO)C2CC2)no1. The van der Waals surface area contributed by atoms with Gasteiger partial charge in [0.2, 0.25) is 0 Å². The predicted molar refractivity (Wildman–Crippen MR) is 71.0 cm³/mol. The lowest BCUT2D eigenvalue weighted by Gasteiger charge is -2.20. The first-order valence-electron chi connectivity index (χ1n) is 6.57. The predicted octanol–water partition coefficient (Wildman–Crippen LogP) is 1.96. The molecule has 2 rings (SSSR count). The number of nitrogens with one attached hydrogen (secondary N) is 1. The normalized spacial score (nSPS) is 15.4. The van der Waals surface area contributed by atoms with Crippen molar-refractivity contribution in [2.75, 3.05) is 18.5 Å². The quantitative estimate of drug-likeness (QED) is 0.874. The molecule has 1 aromatic rings. The summed E-state index contributed by atoms with van der Waals surface area (Å²) in [6.07, 6.45) is 2.00. The molecule has 0 bridgehead atoms. The van der Waals surface area contributed by atoms with Gasteiger partial charge >= 0.3 is 6.03 Å². The first-order chi connectivity index (χ1) is 8.91. The van der Waals surface area contributed by atoms with Gasteiger partial charge in [0, 0.05) is 24.1 Å². The molecule has 106 valence electrons. The lowest BCUT2D eigenvalue weighted by atomic mass is 9.93. The first kappa shape index (κ1) is 13.9. The number of nitrogens with zero attached hydrogens (tertiary/aromatic N) is 2. The molecule has 1 aliphatic rings. The van der Waals surface area contributed by atoms with E-state index >= 15 is 0 Å². The van der Waals surface area contributed by atoms with Crippen molar-refractivity contribution >= 4 is 11.8 Å². The highest BCUT2D eigenvalue weighted by atomic mass is 16.5. The molecule has 0 spiro atoms. The van der Waals surface area contributed by atoms with Crippen molar-refractivity contribution < 1.29 is 14.4 Å². The molecular formula is C13H21N3O3. The van der Waals surface area contributed by atoms with E-state index in [9.17, 15) is 4.79 Å². The molecule has 0 aromatic carbocycles. The summed E-state index contributed by atoms with van der Waals surface area (Å²) in [5, 5.41) is 15.5. The molecule has 2 N–H and O–H groups in total. The number of amides is 2. The highest BCUT2D eigenvalue weighted by molar-refractivity contribution is 5.88. The second-order valence-electron chi connectivity index (χ2n) is 5.90. The minimum atomic E-state index is -0.231. The summed E-state index contributed by atoms with van der Waals surface area (Å²) in [6, 6.07) is 1.76. The maximum absolute atomic E-state index is 12.1. The van der Waals surface area contributed by atoms with Crippen LogP contribution in [0.1, 0.15) is 39.4 Å². The van der Waals surface area contributed by atoms with Gasteiger partial charge in [-0.15, -0.1) is 0 Å². The third kappa shape index (κ3) is 3.47. The van der Waals surface area contributed by atoms with Gasteiger partial charge in [0.05, 0.1) is 6.61 Å². The summed E-state index contributed by atoms with van der Waals surface area (Å²) in [5.41, 5.74) is -0.142. The van der Waals surface area contributed by atoms with Gasteiger partial charge in [-0.1, -0.05) is 25.9 Å². The van der Waals surface area contributed by atoms with Crippen LogP contribution in [0.3, 0.4) is 0 Å². The molecular weight excluding hydrogens is 246 g/mol. The number of urea groups is 1. The maximum Gasteiger partial charge on any atom is 0.323 e. The van der Waals surface area contributed by atoms with Crippen molar-refractivity contribution in [2.45, 2.75) is 45.1 Å². The minimum absolute atomic E-state index is 0.0318. The topological polar surface area (TPSA) is 78.6 Å². The molecule has 1 aromatic heterocycles. The molecule has 2 amide bonds. The van der Waals surface area contributed by atoms with Gasteiger partial charge in [-0.3, -0.25) is 5.32 Å². The largest absolute Gasteiger partial charge is 0.395 e. The Morgan fingerprint density at radius 2 is 2.26 bits per heavy atom. The van der Waals surface area contributed by atoms with E-state index in [1.807, 2.05) is 20.8 Å². The fourth-order valence-electron chi connectivity index (χ4n) is 1.81. The molecule has 0 radical (unpaired) electrons. The van der Waals surface area contributed by atoms with Crippen molar-refractivity contribution in [3.63, 3.8) is 0 Å². The summed E-state index contributed by atoms with van der Waals surface area (Å²) in [5.74, 6) is 1.14. The Morgan fingerprint density at radius 1 is 1.58 bits per heavy atom. The molecule has 0 aliphatic heterocycles. The van der Waals surface area contributed by atoms with Crippen LogP contribution in [0.2, 0.25) is 0 Å². The molecule has 1 heterocycles. The molecule has 0 unspecified atom stereocenters. The Kier molecular flexibility index (Phi) is 3.80. The van der Waals surface area contributed by atoms with E-state index in [1.54, 1.807) is 11.0 Å². The van der Waals surface area contributed by atoms with Gasteiger partial charge in [-0.25, -0.2) is 4.79 Å². The Balaban J connectivity index is 1.99. The fraction of sp³-hybridized carbons (Fsp3) is 0.692. The van der Waals surface area contributed by atoms with Crippen molar-refractivity contribution in [1.29, 1.82) is 0 Å². The van der Waals surface area contributed by atoms with Crippen LogP contribution in [0.4, 0.5) is 10.6 Å². The van der Waals surface area contributed by atoms with E-state index < -0.39 is 0 Å². The van der Waals surface area contributed by atoms with Crippen LogP contribution in [-0.2, 0) is 5.41 Å². The number of hydrogen-bond acceptors (Lipinski definition) is 4.